The smallest absolute Gasteiger partial charge is 0.148 e. The second-order valence-corrected chi connectivity index (χ2v) is 5.00. The molecular weight excluding hydrogens is 322 g/mol. The fourth-order valence-corrected chi connectivity index (χ4v) is 2.17. The minimum atomic E-state index is 0.539. The van der Waals surface area contributed by atoms with E-state index < -0.39 is 0 Å². The summed E-state index contributed by atoms with van der Waals surface area (Å²) in [5.41, 5.74) is 8.66. The number of nitrogens with two attached hydrogens (primary N) is 1. The summed E-state index contributed by atoms with van der Waals surface area (Å²) in [5.74, 6) is 0.539. The number of hydrogen-bond donors (Lipinski definition) is 2. The molecule has 1 heterocycles. The number of nitrogens with zero attached hydrogens (tertiary/aromatic N) is 1. The Morgan fingerprint density at radius 1 is 1.33 bits per heavy atom. The summed E-state index contributed by atoms with van der Waals surface area (Å²) in [4.78, 5) is 0. The summed E-state index contributed by atoms with van der Waals surface area (Å²) in [6.45, 7) is 1.95. The molecule has 78 valence electrons. The number of H-pyrrole nitrogens is 1. The van der Waals surface area contributed by atoms with E-state index in [9.17, 15) is 0 Å². The van der Waals surface area contributed by atoms with Gasteiger partial charge in [-0.15, -0.1) is 0 Å². The summed E-state index contributed by atoms with van der Waals surface area (Å²) in [7, 11) is 0. The molecule has 2 aromatic rings. The Balaban J connectivity index is 2.63. The van der Waals surface area contributed by atoms with Gasteiger partial charge in [0.1, 0.15) is 5.82 Å². The van der Waals surface area contributed by atoms with Crippen molar-refractivity contribution < 1.29 is 0 Å². The average Bonchev–Trinajstić information content (AvgIpc) is 2.52. The van der Waals surface area contributed by atoms with E-state index in [0.717, 1.165) is 25.8 Å². The molecule has 0 aliphatic heterocycles. The zero-order valence-electron chi connectivity index (χ0n) is 8.01. The minimum absolute atomic E-state index is 0.539. The Hall–Kier alpha value is -0.810. The number of halogens is 2. The number of anilines is 1. The highest BCUT2D eigenvalue weighted by Crippen LogP contribution is 2.32. The van der Waals surface area contributed by atoms with Crippen molar-refractivity contribution in [3.63, 3.8) is 0 Å². The third-order valence-corrected chi connectivity index (χ3v) is 3.43. The van der Waals surface area contributed by atoms with Crippen LogP contribution >= 0.6 is 31.9 Å². The van der Waals surface area contributed by atoms with Gasteiger partial charge in [0.05, 0.1) is 5.69 Å². The summed E-state index contributed by atoms with van der Waals surface area (Å²) < 4.78 is 2.03. The first kappa shape index (κ1) is 10.7. The number of rotatable bonds is 1. The molecule has 0 radical (unpaired) electrons. The molecule has 0 saturated heterocycles. The van der Waals surface area contributed by atoms with Crippen LogP contribution in [0.1, 0.15) is 5.56 Å². The Labute approximate surface area is 104 Å². The van der Waals surface area contributed by atoms with Crippen molar-refractivity contribution in [1.29, 1.82) is 0 Å². The molecule has 2 rings (SSSR count). The molecule has 3 nitrogen and oxygen atoms in total. The van der Waals surface area contributed by atoms with Gasteiger partial charge in [0, 0.05) is 20.1 Å². The van der Waals surface area contributed by atoms with Crippen molar-refractivity contribution in [3.05, 3.63) is 32.7 Å². The first-order valence-corrected chi connectivity index (χ1v) is 5.94. The van der Waals surface area contributed by atoms with Crippen molar-refractivity contribution in [2.45, 2.75) is 6.92 Å². The van der Waals surface area contributed by atoms with Crippen molar-refractivity contribution in [3.8, 4) is 11.3 Å². The predicted molar refractivity (Wildman–Crippen MR) is 68.6 cm³/mol. The fraction of sp³-hybridized carbons (Fsp3) is 0.100. The largest absolute Gasteiger partial charge is 0.382 e. The van der Waals surface area contributed by atoms with Gasteiger partial charge < -0.3 is 5.73 Å². The zero-order chi connectivity index (χ0) is 11.0. The SMILES string of the molecule is Cc1c(N)n[nH]c1-c1cc(Br)ccc1Br. The van der Waals surface area contributed by atoms with Crippen molar-refractivity contribution in [1.82, 2.24) is 10.2 Å². The van der Waals surface area contributed by atoms with Crippen LogP contribution in [0.15, 0.2) is 27.1 Å². The van der Waals surface area contributed by atoms with E-state index in [1.165, 1.54) is 0 Å². The molecule has 0 atom stereocenters. The third-order valence-electron chi connectivity index (χ3n) is 2.25. The van der Waals surface area contributed by atoms with E-state index in [0.29, 0.717) is 5.82 Å². The molecule has 0 bridgehead atoms. The fourth-order valence-electron chi connectivity index (χ4n) is 1.36. The molecule has 0 aliphatic carbocycles. The molecule has 0 spiro atoms. The van der Waals surface area contributed by atoms with Gasteiger partial charge >= 0.3 is 0 Å². The lowest BCUT2D eigenvalue weighted by Crippen LogP contribution is -1.87. The van der Waals surface area contributed by atoms with Gasteiger partial charge in [0.25, 0.3) is 0 Å². The standard InChI is InChI=1S/C10H9Br2N3/c1-5-9(14-15-10(5)13)7-4-6(11)2-3-8(7)12/h2-4H,1H3,(H3,13,14,15). The molecule has 0 fully saturated rings. The van der Waals surface area contributed by atoms with Crippen LogP contribution in [0.5, 0.6) is 0 Å². The van der Waals surface area contributed by atoms with Crippen molar-refractivity contribution in [2.75, 3.05) is 5.73 Å². The highest BCUT2D eigenvalue weighted by molar-refractivity contribution is 9.11. The highest BCUT2D eigenvalue weighted by atomic mass is 79.9. The first-order chi connectivity index (χ1) is 7.09. The van der Waals surface area contributed by atoms with Crippen LogP contribution in [0.4, 0.5) is 5.82 Å². The Morgan fingerprint density at radius 3 is 2.67 bits per heavy atom. The van der Waals surface area contributed by atoms with Crippen LogP contribution in [0.3, 0.4) is 0 Å². The number of nitrogen functional groups attached to an aromatic ring is 1. The molecule has 0 saturated carbocycles. The molecule has 3 N–H and O–H groups in total. The summed E-state index contributed by atoms with van der Waals surface area (Å²) >= 11 is 6.94. The van der Waals surface area contributed by atoms with Gasteiger partial charge in [0.2, 0.25) is 0 Å². The maximum atomic E-state index is 5.70. The Morgan fingerprint density at radius 2 is 2.07 bits per heavy atom. The second kappa shape index (κ2) is 3.98. The lowest BCUT2D eigenvalue weighted by molar-refractivity contribution is 1.10. The number of benzene rings is 1. The van der Waals surface area contributed by atoms with Crippen LogP contribution in [0, 0.1) is 6.92 Å². The number of aromatic amines is 1. The second-order valence-electron chi connectivity index (χ2n) is 3.23. The van der Waals surface area contributed by atoms with Gasteiger partial charge in [-0.1, -0.05) is 31.9 Å². The van der Waals surface area contributed by atoms with E-state index in [1.54, 1.807) is 0 Å². The molecule has 15 heavy (non-hydrogen) atoms. The molecular formula is C10H9Br2N3. The lowest BCUT2D eigenvalue weighted by atomic mass is 10.1. The van der Waals surface area contributed by atoms with E-state index in [2.05, 4.69) is 42.1 Å². The normalized spacial score (nSPS) is 10.6. The van der Waals surface area contributed by atoms with Crippen LogP contribution in [0.25, 0.3) is 11.3 Å². The van der Waals surface area contributed by atoms with Gasteiger partial charge in [-0.3, -0.25) is 5.10 Å². The Bertz CT molecular complexity index is 505. The topological polar surface area (TPSA) is 54.7 Å². The van der Waals surface area contributed by atoms with Crippen molar-refractivity contribution in [2.24, 2.45) is 0 Å². The highest BCUT2D eigenvalue weighted by Gasteiger charge is 2.11. The average molecular weight is 331 g/mol. The van der Waals surface area contributed by atoms with E-state index in [4.69, 9.17) is 5.73 Å². The van der Waals surface area contributed by atoms with E-state index in [-0.39, 0.29) is 0 Å². The van der Waals surface area contributed by atoms with Gasteiger partial charge in [-0.05, 0) is 25.1 Å². The maximum absolute atomic E-state index is 5.70. The maximum Gasteiger partial charge on any atom is 0.148 e. The van der Waals surface area contributed by atoms with Gasteiger partial charge in [-0.2, -0.15) is 5.10 Å². The van der Waals surface area contributed by atoms with Crippen molar-refractivity contribution >= 4 is 37.7 Å². The molecule has 1 aromatic heterocycles. The third kappa shape index (κ3) is 1.94. The molecule has 0 amide bonds. The van der Waals surface area contributed by atoms with Crippen LogP contribution in [-0.2, 0) is 0 Å². The zero-order valence-corrected chi connectivity index (χ0v) is 11.2. The molecule has 0 unspecified atom stereocenters. The van der Waals surface area contributed by atoms with E-state index in [1.807, 2.05) is 25.1 Å². The van der Waals surface area contributed by atoms with Crippen LogP contribution < -0.4 is 5.73 Å². The number of hydrogen-bond acceptors (Lipinski definition) is 2. The van der Waals surface area contributed by atoms with Gasteiger partial charge in [-0.25, -0.2) is 0 Å². The molecule has 5 heteroatoms. The number of nitrogens with one attached hydrogen (secondary N) is 1. The molecule has 1 aromatic carbocycles. The quantitative estimate of drug-likeness (QED) is 0.840. The lowest BCUT2D eigenvalue weighted by Gasteiger charge is -2.03. The Kier molecular flexibility index (Phi) is 2.84. The predicted octanol–water partition coefficient (Wildman–Crippen LogP) is 3.49. The monoisotopic (exact) mass is 329 g/mol. The summed E-state index contributed by atoms with van der Waals surface area (Å²) in [6.07, 6.45) is 0. The summed E-state index contributed by atoms with van der Waals surface area (Å²) in [5, 5.41) is 6.91. The summed E-state index contributed by atoms with van der Waals surface area (Å²) in [6, 6.07) is 5.97. The van der Waals surface area contributed by atoms with Gasteiger partial charge in [0.15, 0.2) is 0 Å². The minimum Gasteiger partial charge on any atom is -0.382 e. The number of aromatic nitrogens is 2. The van der Waals surface area contributed by atoms with Crippen LogP contribution in [-0.4, -0.2) is 10.2 Å². The first-order valence-electron chi connectivity index (χ1n) is 4.35. The van der Waals surface area contributed by atoms with E-state index >= 15 is 0 Å². The molecule has 0 aliphatic rings. The van der Waals surface area contributed by atoms with Crippen LogP contribution in [0.2, 0.25) is 0 Å².